The van der Waals surface area contributed by atoms with E-state index in [0.29, 0.717) is 5.02 Å². The molecule has 1 saturated heterocycles. The number of carbonyl (C=O) groups excluding carboxylic acids is 1. The van der Waals surface area contributed by atoms with Gasteiger partial charge in [0, 0.05) is 11.1 Å². The zero-order valence-corrected chi connectivity index (χ0v) is 10.1. The van der Waals surface area contributed by atoms with Crippen LogP contribution in [0, 0.1) is 5.82 Å². The molecule has 1 aromatic carbocycles. The first-order valence-electron chi connectivity index (χ1n) is 5.63. The Kier molecular flexibility index (Phi) is 3.97. The molecule has 0 atom stereocenters. The van der Waals surface area contributed by atoms with Crippen molar-refractivity contribution < 1.29 is 9.18 Å². The first kappa shape index (κ1) is 12.3. The van der Waals surface area contributed by atoms with Crippen molar-refractivity contribution in [2.75, 3.05) is 13.1 Å². The Labute approximate surface area is 104 Å². The van der Waals surface area contributed by atoms with Crippen LogP contribution in [0.1, 0.15) is 23.2 Å². The van der Waals surface area contributed by atoms with E-state index in [1.54, 1.807) is 0 Å². The number of nitrogens with one attached hydrogen (secondary N) is 2. The van der Waals surface area contributed by atoms with Crippen LogP contribution in [0.25, 0.3) is 0 Å². The number of piperidine rings is 1. The maximum atomic E-state index is 13.4. The van der Waals surface area contributed by atoms with Gasteiger partial charge in [0.05, 0.1) is 5.56 Å². The quantitative estimate of drug-likeness (QED) is 0.849. The van der Waals surface area contributed by atoms with Gasteiger partial charge in [-0.3, -0.25) is 4.79 Å². The van der Waals surface area contributed by atoms with E-state index in [2.05, 4.69) is 10.6 Å². The van der Waals surface area contributed by atoms with Crippen molar-refractivity contribution in [2.24, 2.45) is 0 Å². The van der Waals surface area contributed by atoms with E-state index < -0.39 is 11.7 Å². The fraction of sp³-hybridized carbons (Fsp3) is 0.417. The molecule has 1 aromatic rings. The lowest BCUT2D eigenvalue weighted by Gasteiger charge is -2.23. The lowest BCUT2D eigenvalue weighted by molar-refractivity contribution is 0.0925. The standard InChI is InChI=1S/C12H14ClFN2O/c13-8-1-2-11(14)10(7-8)12(17)16-9-3-5-15-6-4-9/h1-2,7,9,15H,3-6H2,(H,16,17). The van der Waals surface area contributed by atoms with Crippen LogP contribution in [0.15, 0.2) is 18.2 Å². The first-order valence-corrected chi connectivity index (χ1v) is 6.01. The first-order chi connectivity index (χ1) is 8.16. The van der Waals surface area contributed by atoms with Gasteiger partial charge in [-0.25, -0.2) is 4.39 Å². The zero-order chi connectivity index (χ0) is 12.3. The maximum absolute atomic E-state index is 13.4. The summed E-state index contributed by atoms with van der Waals surface area (Å²) in [4.78, 5) is 11.9. The molecule has 2 N–H and O–H groups in total. The Morgan fingerprint density at radius 1 is 1.41 bits per heavy atom. The number of amides is 1. The fourth-order valence-electron chi connectivity index (χ4n) is 1.90. The van der Waals surface area contributed by atoms with Crippen molar-refractivity contribution in [1.29, 1.82) is 0 Å². The predicted molar refractivity (Wildman–Crippen MR) is 64.8 cm³/mol. The molecule has 1 fully saturated rings. The normalized spacial score (nSPS) is 16.8. The van der Waals surface area contributed by atoms with Crippen molar-refractivity contribution in [3.05, 3.63) is 34.6 Å². The monoisotopic (exact) mass is 256 g/mol. The van der Waals surface area contributed by atoms with Gasteiger partial charge in [-0.05, 0) is 44.1 Å². The van der Waals surface area contributed by atoms with Crippen molar-refractivity contribution in [1.82, 2.24) is 10.6 Å². The molecular formula is C12H14ClFN2O. The third-order valence-electron chi connectivity index (χ3n) is 2.85. The molecule has 0 radical (unpaired) electrons. The summed E-state index contributed by atoms with van der Waals surface area (Å²) in [5.41, 5.74) is 0.0102. The predicted octanol–water partition coefficient (Wildman–Crippen LogP) is 1.96. The molecule has 0 aromatic heterocycles. The molecule has 1 aliphatic rings. The number of hydrogen-bond donors (Lipinski definition) is 2. The average molecular weight is 257 g/mol. The molecule has 2 rings (SSSR count). The molecule has 1 aliphatic heterocycles. The summed E-state index contributed by atoms with van der Waals surface area (Å²) in [6, 6.07) is 4.10. The third kappa shape index (κ3) is 3.17. The van der Waals surface area contributed by atoms with E-state index in [0.717, 1.165) is 25.9 Å². The van der Waals surface area contributed by atoms with Gasteiger partial charge in [0.2, 0.25) is 0 Å². The Morgan fingerprint density at radius 3 is 2.82 bits per heavy atom. The van der Waals surface area contributed by atoms with Gasteiger partial charge in [0.15, 0.2) is 0 Å². The van der Waals surface area contributed by atoms with E-state index in [4.69, 9.17) is 11.6 Å². The van der Waals surface area contributed by atoms with Crippen molar-refractivity contribution in [2.45, 2.75) is 18.9 Å². The molecular weight excluding hydrogens is 243 g/mol. The molecule has 0 unspecified atom stereocenters. The van der Waals surface area contributed by atoms with Gasteiger partial charge in [-0.2, -0.15) is 0 Å². The van der Waals surface area contributed by atoms with Gasteiger partial charge in [-0.1, -0.05) is 11.6 Å². The molecule has 0 bridgehead atoms. The van der Waals surface area contributed by atoms with Crippen LogP contribution in [0.2, 0.25) is 5.02 Å². The molecule has 0 spiro atoms. The summed E-state index contributed by atoms with van der Waals surface area (Å²) in [5, 5.41) is 6.39. The molecule has 0 aliphatic carbocycles. The number of carbonyl (C=O) groups is 1. The van der Waals surface area contributed by atoms with Crippen molar-refractivity contribution in [3.8, 4) is 0 Å². The summed E-state index contributed by atoms with van der Waals surface area (Å²) in [6.45, 7) is 1.76. The zero-order valence-electron chi connectivity index (χ0n) is 9.30. The summed E-state index contributed by atoms with van der Waals surface area (Å²) in [5.74, 6) is -0.933. The number of benzene rings is 1. The van der Waals surface area contributed by atoms with Crippen LogP contribution in [0.5, 0.6) is 0 Å². The fourth-order valence-corrected chi connectivity index (χ4v) is 2.07. The topological polar surface area (TPSA) is 41.1 Å². The minimum atomic E-state index is -0.541. The highest BCUT2D eigenvalue weighted by atomic mass is 35.5. The van der Waals surface area contributed by atoms with Crippen LogP contribution in [-0.2, 0) is 0 Å². The van der Waals surface area contributed by atoms with Crippen LogP contribution in [0.4, 0.5) is 4.39 Å². The van der Waals surface area contributed by atoms with E-state index in [1.165, 1.54) is 18.2 Å². The highest BCUT2D eigenvalue weighted by Gasteiger charge is 2.18. The molecule has 92 valence electrons. The molecule has 3 nitrogen and oxygen atoms in total. The Bertz CT molecular complexity index is 419. The van der Waals surface area contributed by atoms with Gasteiger partial charge in [-0.15, -0.1) is 0 Å². The van der Waals surface area contributed by atoms with E-state index in [1.807, 2.05) is 0 Å². The minimum Gasteiger partial charge on any atom is -0.349 e. The van der Waals surface area contributed by atoms with E-state index >= 15 is 0 Å². The van der Waals surface area contributed by atoms with Crippen molar-refractivity contribution >= 4 is 17.5 Å². The molecule has 1 heterocycles. The van der Waals surface area contributed by atoms with Crippen LogP contribution in [-0.4, -0.2) is 25.0 Å². The maximum Gasteiger partial charge on any atom is 0.254 e. The minimum absolute atomic E-state index is 0.0102. The van der Waals surface area contributed by atoms with Gasteiger partial charge in [0.1, 0.15) is 5.82 Å². The molecule has 5 heteroatoms. The van der Waals surface area contributed by atoms with E-state index in [-0.39, 0.29) is 11.6 Å². The van der Waals surface area contributed by atoms with E-state index in [9.17, 15) is 9.18 Å². The molecule has 17 heavy (non-hydrogen) atoms. The smallest absolute Gasteiger partial charge is 0.254 e. The Hall–Kier alpha value is -1.13. The SMILES string of the molecule is O=C(NC1CCNCC1)c1cc(Cl)ccc1F. The largest absolute Gasteiger partial charge is 0.349 e. The Balaban J connectivity index is 2.05. The average Bonchev–Trinajstić information content (AvgIpc) is 2.33. The van der Waals surface area contributed by atoms with Gasteiger partial charge >= 0.3 is 0 Å². The third-order valence-corrected chi connectivity index (χ3v) is 3.08. The van der Waals surface area contributed by atoms with Crippen molar-refractivity contribution in [3.63, 3.8) is 0 Å². The van der Waals surface area contributed by atoms with Gasteiger partial charge in [0.25, 0.3) is 5.91 Å². The number of rotatable bonds is 2. The highest BCUT2D eigenvalue weighted by Crippen LogP contribution is 2.15. The molecule has 0 saturated carbocycles. The summed E-state index contributed by atoms with van der Waals surface area (Å²) < 4.78 is 13.4. The second kappa shape index (κ2) is 5.47. The lowest BCUT2D eigenvalue weighted by Crippen LogP contribution is -2.42. The highest BCUT2D eigenvalue weighted by molar-refractivity contribution is 6.31. The Morgan fingerprint density at radius 2 is 2.12 bits per heavy atom. The lowest BCUT2D eigenvalue weighted by atomic mass is 10.1. The summed E-state index contributed by atoms with van der Waals surface area (Å²) in [7, 11) is 0. The number of hydrogen-bond acceptors (Lipinski definition) is 2. The second-order valence-corrected chi connectivity index (χ2v) is 4.56. The van der Waals surface area contributed by atoms with Crippen LogP contribution in [0.3, 0.4) is 0 Å². The summed E-state index contributed by atoms with van der Waals surface area (Å²) in [6.07, 6.45) is 1.74. The summed E-state index contributed by atoms with van der Waals surface area (Å²) >= 11 is 5.75. The van der Waals surface area contributed by atoms with Crippen LogP contribution >= 0.6 is 11.6 Å². The van der Waals surface area contributed by atoms with Gasteiger partial charge < -0.3 is 10.6 Å². The molecule has 1 amide bonds. The van der Waals surface area contributed by atoms with Crippen LogP contribution < -0.4 is 10.6 Å². The number of halogens is 2. The second-order valence-electron chi connectivity index (χ2n) is 4.12.